The minimum atomic E-state index is -0.103. The Morgan fingerprint density at radius 1 is 0.304 bits per heavy atom. The Morgan fingerprint density at radius 3 is 0.804 bits per heavy atom. The second kappa shape index (κ2) is 41.0. The molecular weight excluding hydrogens is 568 g/mol. The number of aliphatic hydroxyl groups excluding tert-OH is 4. The maximum atomic E-state index is 9.48. The highest BCUT2D eigenvalue weighted by Crippen LogP contribution is 2.14. The van der Waals surface area contributed by atoms with Crippen molar-refractivity contribution < 1.29 is 20.4 Å². The normalized spacial score (nSPS) is 13.8. The smallest absolute Gasteiger partial charge is 0.0563 e. The first-order valence-corrected chi connectivity index (χ1v) is 20.3. The summed E-state index contributed by atoms with van der Waals surface area (Å²) in [5, 5.41) is 36.9. The first kappa shape index (κ1) is 52.6. The summed E-state index contributed by atoms with van der Waals surface area (Å²) in [6.07, 6.45) is 26.7. The number of rotatable bonds is 26. The molecule has 0 saturated heterocycles. The molecule has 0 radical (unpaired) electrons. The molecule has 0 fully saturated rings. The maximum Gasteiger partial charge on any atom is 0.0563 e. The first-order chi connectivity index (χ1) is 21.6. The molecule has 4 unspecified atom stereocenters. The third-order valence-electron chi connectivity index (χ3n) is 8.55. The van der Waals surface area contributed by atoms with Crippen LogP contribution in [0.3, 0.4) is 0 Å². The molecule has 0 rings (SSSR count). The molecule has 0 saturated carbocycles. The van der Waals surface area contributed by atoms with E-state index in [4.69, 9.17) is 10.2 Å². The molecule has 46 heavy (non-hydrogen) atoms. The van der Waals surface area contributed by atoms with Crippen molar-refractivity contribution in [2.24, 2.45) is 23.7 Å². The standard InChI is InChI=1S/2C11H24O.2C10H22O/c1-10(2)8-6-4-5-7-9-11(3)12;1-4-5-6-7-8-9-11(12)10(2)3;1-9(2)7-5-4-6-8-10(3)11;1-4-5-6-7-8-10(11)9(2)3/h2*10-12H,4-9H2,1-3H3;2*9-11H,4-8H2,1-3H3. The van der Waals surface area contributed by atoms with E-state index in [0.29, 0.717) is 11.8 Å². The molecule has 284 valence electrons. The van der Waals surface area contributed by atoms with Crippen LogP contribution < -0.4 is 0 Å². The molecule has 4 nitrogen and oxygen atoms in total. The van der Waals surface area contributed by atoms with Crippen LogP contribution >= 0.6 is 0 Å². The molecule has 0 bridgehead atoms. The lowest BCUT2D eigenvalue weighted by atomic mass is 10.0. The lowest BCUT2D eigenvalue weighted by Crippen LogP contribution is -2.13. The van der Waals surface area contributed by atoms with Crippen molar-refractivity contribution in [1.29, 1.82) is 0 Å². The molecule has 0 aromatic heterocycles. The summed E-state index contributed by atoms with van der Waals surface area (Å²) in [6, 6.07) is 0. The Bertz CT molecular complexity index is 494. The molecule has 0 heterocycles. The van der Waals surface area contributed by atoms with Gasteiger partial charge in [-0.25, -0.2) is 0 Å². The van der Waals surface area contributed by atoms with Crippen LogP contribution in [0.4, 0.5) is 0 Å². The van der Waals surface area contributed by atoms with Gasteiger partial charge in [0.2, 0.25) is 0 Å². The number of unbranched alkanes of at least 4 members (excludes halogenated alkanes) is 12. The summed E-state index contributed by atoms with van der Waals surface area (Å²) in [4.78, 5) is 0. The average molecular weight is 661 g/mol. The van der Waals surface area contributed by atoms with E-state index in [0.717, 1.165) is 37.5 Å². The van der Waals surface area contributed by atoms with Gasteiger partial charge >= 0.3 is 0 Å². The number of aliphatic hydroxyl groups is 4. The molecule has 4 N–H and O–H groups in total. The zero-order chi connectivity index (χ0) is 36.2. The van der Waals surface area contributed by atoms with Crippen LogP contribution in [0.2, 0.25) is 0 Å². The van der Waals surface area contributed by atoms with Crippen LogP contribution in [0.15, 0.2) is 0 Å². The topological polar surface area (TPSA) is 80.9 Å². The highest BCUT2D eigenvalue weighted by molar-refractivity contribution is 4.60. The molecule has 0 aromatic rings. The van der Waals surface area contributed by atoms with Crippen LogP contribution in [-0.4, -0.2) is 44.8 Å². The van der Waals surface area contributed by atoms with Crippen molar-refractivity contribution >= 4 is 0 Å². The van der Waals surface area contributed by atoms with E-state index < -0.39 is 0 Å². The van der Waals surface area contributed by atoms with Crippen LogP contribution in [0.25, 0.3) is 0 Å². The zero-order valence-electron chi connectivity index (χ0n) is 34.0. The summed E-state index contributed by atoms with van der Waals surface area (Å²) in [5.74, 6) is 2.54. The van der Waals surface area contributed by atoms with Gasteiger partial charge in [0, 0.05) is 0 Å². The van der Waals surface area contributed by atoms with Gasteiger partial charge in [0.05, 0.1) is 24.4 Å². The Hall–Kier alpha value is -0.160. The van der Waals surface area contributed by atoms with Crippen molar-refractivity contribution in [1.82, 2.24) is 0 Å². The molecule has 0 amide bonds. The molecule has 4 heteroatoms. The third-order valence-corrected chi connectivity index (χ3v) is 8.55. The predicted octanol–water partition coefficient (Wildman–Crippen LogP) is 12.7. The fourth-order valence-corrected chi connectivity index (χ4v) is 4.92. The lowest BCUT2D eigenvalue weighted by molar-refractivity contribution is 0.113. The van der Waals surface area contributed by atoms with E-state index in [-0.39, 0.29) is 24.4 Å². The van der Waals surface area contributed by atoms with Gasteiger partial charge in [-0.1, -0.05) is 185 Å². The van der Waals surface area contributed by atoms with Gasteiger partial charge in [0.15, 0.2) is 0 Å². The van der Waals surface area contributed by atoms with Gasteiger partial charge < -0.3 is 20.4 Å². The fraction of sp³-hybridized carbons (Fsp3) is 1.00. The first-order valence-electron chi connectivity index (χ1n) is 20.3. The third kappa shape index (κ3) is 56.2. The minimum Gasteiger partial charge on any atom is -0.393 e. The summed E-state index contributed by atoms with van der Waals surface area (Å²) >= 11 is 0. The highest BCUT2D eigenvalue weighted by Gasteiger charge is 2.08. The van der Waals surface area contributed by atoms with E-state index in [1.54, 1.807) is 0 Å². The quantitative estimate of drug-likeness (QED) is 0.0696. The zero-order valence-corrected chi connectivity index (χ0v) is 34.0. The van der Waals surface area contributed by atoms with Gasteiger partial charge in [-0.15, -0.1) is 0 Å². The van der Waals surface area contributed by atoms with E-state index in [9.17, 15) is 10.2 Å². The predicted molar refractivity (Wildman–Crippen MR) is 208 cm³/mol. The van der Waals surface area contributed by atoms with E-state index in [2.05, 4.69) is 69.2 Å². The summed E-state index contributed by atoms with van der Waals surface area (Å²) in [7, 11) is 0. The van der Waals surface area contributed by atoms with Crippen molar-refractivity contribution in [2.75, 3.05) is 0 Å². The summed E-state index contributed by atoms with van der Waals surface area (Å²) < 4.78 is 0. The minimum absolute atomic E-state index is 0.0770. The number of hydrogen-bond donors (Lipinski definition) is 4. The molecule has 0 spiro atoms. The SMILES string of the molecule is CC(C)CCCCCC(C)O.CC(C)CCCCCCC(C)O.CCCCCCC(O)C(C)C.CCCCCCCC(O)C(C)C. The Balaban J connectivity index is -0.000000256. The van der Waals surface area contributed by atoms with Gasteiger partial charge in [0.1, 0.15) is 0 Å². The maximum absolute atomic E-state index is 9.48. The Kier molecular flexibility index (Phi) is 46.9. The van der Waals surface area contributed by atoms with Crippen LogP contribution in [0.5, 0.6) is 0 Å². The largest absolute Gasteiger partial charge is 0.393 e. The van der Waals surface area contributed by atoms with Crippen molar-refractivity contribution in [3.8, 4) is 0 Å². The van der Waals surface area contributed by atoms with Crippen LogP contribution in [0.1, 0.15) is 224 Å². The second-order valence-corrected chi connectivity index (χ2v) is 15.8. The highest BCUT2D eigenvalue weighted by atomic mass is 16.3. The molecule has 0 aliphatic heterocycles. The van der Waals surface area contributed by atoms with E-state index in [1.807, 2.05) is 13.8 Å². The monoisotopic (exact) mass is 661 g/mol. The fourth-order valence-electron chi connectivity index (χ4n) is 4.92. The van der Waals surface area contributed by atoms with Crippen molar-refractivity contribution in [2.45, 2.75) is 249 Å². The Morgan fingerprint density at radius 2 is 0.543 bits per heavy atom. The molecule has 0 aliphatic rings. The van der Waals surface area contributed by atoms with Crippen LogP contribution in [-0.2, 0) is 0 Å². The molecule has 0 aromatic carbocycles. The lowest BCUT2D eigenvalue weighted by Gasteiger charge is -2.13. The molecule has 4 atom stereocenters. The molecule has 0 aliphatic carbocycles. The van der Waals surface area contributed by atoms with Gasteiger partial charge in [0.25, 0.3) is 0 Å². The molecular formula is C42H92O4. The summed E-state index contributed by atoms with van der Waals surface area (Å²) in [5.41, 5.74) is 0. The number of hydrogen-bond acceptors (Lipinski definition) is 4. The Labute approximate surface area is 292 Å². The van der Waals surface area contributed by atoms with Gasteiger partial charge in [-0.05, 0) is 63.2 Å². The average Bonchev–Trinajstić information content (AvgIpc) is 2.97. The van der Waals surface area contributed by atoms with Gasteiger partial charge in [-0.3, -0.25) is 0 Å². The van der Waals surface area contributed by atoms with E-state index >= 15 is 0 Å². The van der Waals surface area contributed by atoms with Crippen LogP contribution in [0, 0.1) is 23.7 Å². The van der Waals surface area contributed by atoms with E-state index in [1.165, 1.54) is 116 Å². The summed E-state index contributed by atoms with van der Waals surface area (Å²) in [6.45, 7) is 25.5. The van der Waals surface area contributed by atoms with Gasteiger partial charge in [-0.2, -0.15) is 0 Å². The van der Waals surface area contributed by atoms with Crippen molar-refractivity contribution in [3.05, 3.63) is 0 Å². The van der Waals surface area contributed by atoms with Crippen molar-refractivity contribution in [3.63, 3.8) is 0 Å². The second-order valence-electron chi connectivity index (χ2n) is 15.8.